The minimum atomic E-state index is -0.491. The fourth-order valence-electron chi connectivity index (χ4n) is 1.32. The molecule has 0 unspecified atom stereocenters. The predicted molar refractivity (Wildman–Crippen MR) is 66.4 cm³/mol. The SMILES string of the molecule is CC(C)(CCBr)NC(=O)c1ccccc1F. The third-order valence-corrected chi connectivity index (χ3v) is 2.69. The Labute approximate surface area is 103 Å². The van der Waals surface area contributed by atoms with E-state index in [0.717, 1.165) is 11.8 Å². The van der Waals surface area contributed by atoms with Crippen LogP contribution in [-0.4, -0.2) is 16.8 Å². The highest BCUT2D eigenvalue weighted by atomic mass is 79.9. The maximum atomic E-state index is 13.3. The van der Waals surface area contributed by atoms with Crippen molar-refractivity contribution in [2.24, 2.45) is 0 Å². The first-order valence-corrected chi connectivity index (χ1v) is 6.21. The zero-order valence-corrected chi connectivity index (χ0v) is 11.0. The molecule has 1 aromatic rings. The lowest BCUT2D eigenvalue weighted by atomic mass is 10.0. The molecule has 0 saturated carbocycles. The minimum absolute atomic E-state index is 0.0881. The molecule has 0 heterocycles. The van der Waals surface area contributed by atoms with E-state index in [1.165, 1.54) is 12.1 Å². The number of nitrogens with one attached hydrogen (secondary N) is 1. The van der Waals surface area contributed by atoms with Crippen LogP contribution in [0.3, 0.4) is 0 Å². The Morgan fingerprint density at radius 2 is 2.06 bits per heavy atom. The molecule has 0 spiro atoms. The largest absolute Gasteiger partial charge is 0.347 e. The number of rotatable bonds is 4. The molecule has 1 N–H and O–H groups in total. The molecule has 1 amide bonds. The molecule has 16 heavy (non-hydrogen) atoms. The van der Waals surface area contributed by atoms with Gasteiger partial charge in [-0.2, -0.15) is 0 Å². The quantitative estimate of drug-likeness (QED) is 0.847. The summed E-state index contributed by atoms with van der Waals surface area (Å²) < 4.78 is 13.3. The van der Waals surface area contributed by atoms with Crippen LogP contribution in [0.15, 0.2) is 24.3 Å². The Bertz CT molecular complexity index is 379. The molecule has 0 radical (unpaired) electrons. The smallest absolute Gasteiger partial charge is 0.254 e. The fourth-order valence-corrected chi connectivity index (χ4v) is 2.31. The summed E-state index contributed by atoms with van der Waals surface area (Å²) in [6.45, 7) is 3.82. The van der Waals surface area contributed by atoms with E-state index >= 15 is 0 Å². The molecule has 0 aliphatic rings. The second kappa shape index (κ2) is 5.43. The van der Waals surface area contributed by atoms with E-state index in [-0.39, 0.29) is 17.0 Å². The van der Waals surface area contributed by atoms with Crippen molar-refractivity contribution >= 4 is 21.8 Å². The normalized spacial score (nSPS) is 11.2. The van der Waals surface area contributed by atoms with Crippen LogP contribution < -0.4 is 5.32 Å². The number of hydrogen-bond donors (Lipinski definition) is 1. The van der Waals surface area contributed by atoms with Crippen molar-refractivity contribution in [3.05, 3.63) is 35.6 Å². The lowest BCUT2D eigenvalue weighted by Crippen LogP contribution is -2.43. The number of carbonyl (C=O) groups excluding carboxylic acids is 1. The van der Waals surface area contributed by atoms with Crippen LogP contribution in [0.2, 0.25) is 0 Å². The first-order chi connectivity index (χ1) is 7.46. The predicted octanol–water partition coefficient (Wildman–Crippen LogP) is 3.12. The first kappa shape index (κ1) is 13.2. The van der Waals surface area contributed by atoms with Gasteiger partial charge in [0.2, 0.25) is 0 Å². The number of hydrogen-bond acceptors (Lipinski definition) is 1. The summed E-state index contributed by atoms with van der Waals surface area (Å²) in [7, 11) is 0. The van der Waals surface area contributed by atoms with Crippen LogP contribution in [0, 0.1) is 5.82 Å². The van der Waals surface area contributed by atoms with Gasteiger partial charge in [0, 0.05) is 10.9 Å². The highest BCUT2D eigenvalue weighted by Crippen LogP contribution is 2.13. The molecular weight excluding hydrogens is 273 g/mol. The number of halogens is 2. The Hall–Kier alpha value is -0.900. The Balaban J connectivity index is 2.77. The summed E-state index contributed by atoms with van der Waals surface area (Å²) in [5.74, 6) is -0.862. The second-order valence-electron chi connectivity index (χ2n) is 4.26. The summed E-state index contributed by atoms with van der Waals surface area (Å²) in [6.07, 6.45) is 0.785. The van der Waals surface area contributed by atoms with Gasteiger partial charge >= 0.3 is 0 Å². The highest BCUT2D eigenvalue weighted by Gasteiger charge is 2.21. The zero-order chi connectivity index (χ0) is 12.2. The van der Waals surface area contributed by atoms with E-state index < -0.39 is 5.82 Å². The molecule has 4 heteroatoms. The summed E-state index contributed by atoms with van der Waals surface area (Å²) in [4.78, 5) is 11.8. The van der Waals surface area contributed by atoms with Gasteiger partial charge in [0.1, 0.15) is 5.82 Å². The fraction of sp³-hybridized carbons (Fsp3) is 0.417. The second-order valence-corrected chi connectivity index (χ2v) is 5.05. The maximum Gasteiger partial charge on any atom is 0.254 e. The van der Waals surface area contributed by atoms with Crippen LogP contribution in [0.1, 0.15) is 30.6 Å². The minimum Gasteiger partial charge on any atom is -0.347 e. The molecule has 0 saturated heterocycles. The van der Waals surface area contributed by atoms with Crippen molar-refractivity contribution in [2.45, 2.75) is 25.8 Å². The molecule has 0 aliphatic heterocycles. The van der Waals surface area contributed by atoms with Crippen LogP contribution in [0.4, 0.5) is 4.39 Å². The van der Waals surface area contributed by atoms with Gasteiger partial charge < -0.3 is 5.32 Å². The monoisotopic (exact) mass is 287 g/mol. The standard InChI is InChI=1S/C12H15BrFNO/c1-12(2,7-8-13)15-11(16)9-5-3-4-6-10(9)14/h3-6H,7-8H2,1-2H3,(H,15,16). The third-order valence-electron chi connectivity index (χ3n) is 2.29. The molecular formula is C12H15BrFNO. The first-order valence-electron chi connectivity index (χ1n) is 5.09. The topological polar surface area (TPSA) is 29.1 Å². The van der Waals surface area contributed by atoms with Crippen molar-refractivity contribution in [3.63, 3.8) is 0 Å². The average molecular weight is 288 g/mol. The van der Waals surface area contributed by atoms with Gasteiger partial charge in [0.05, 0.1) is 5.56 Å². The van der Waals surface area contributed by atoms with Gasteiger partial charge in [-0.3, -0.25) is 4.79 Å². The van der Waals surface area contributed by atoms with Crippen molar-refractivity contribution in [1.82, 2.24) is 5.32 Å². The Kier molecular flexibility index (Phi) is 4.47. The van der Waals surface area contributed by atoms with Crippen molar-refractivity contribution in [1.29, 1.82) is 0 Å². The molecule has 0 fully saturated rings. The third kappa shape index (κ3) is 3.59. The van der Waals surface area contributed by atoms with E-state index in [1.54, 1.807) is 12.1 Å². The van der Waals surface area contributed by atoms with E-state index in [2.05, 4.69) is 21.2 Å². The summed E-state index contributed by atoms with van der Waals surface area (Å²) >= 11 is 3.32. The molecule has 1 aromatic carbocycles. The van der Waals surface area contributed by atoms with Crippen molar-refractivity contribution in [2.75, 3.05) is 5.33 Å². The van der Waals surface area contributed by atoms with E-state index in [1.807, 2.05) is 13.8 Å². The van der Waals surface area contributed by atoms with Crippen LogP contribution in [0.5, 0.6) is 0 Å². The van der Waals surface area contributed by atoms with Crippen molar-refractivity contribution < 1.29 is 9.18 Å². The lowest BCUT2D eigenvalue weighted by molar-refractivity contribution is 0.0908. The number of amides is 1. The van der Waals surface area contributed by atoms with Gasteiger partial charge in [-0.05, 0) is 32.4 Å². The van der Waals surface area contributed by atoms with Crippen LogP contribution >= 0.6 is 15.9 Å². The van der Waals surface area contributed by atoms with Gasteiger partial charge in [-0.25, -0.2) is 4.39 Å². The summed E-state index contributed by atoms with van der Waals surface area (Å²) in [5, 5.41) is 3.59. The Morgan fingerprint density at radius 1 is 1.44 bits per heavy atom. The van der Waals surface area contributed by atoms with E-state index in [0.29, 0.717) is 0 Å². The van der Waals surface area contributed by atoms with Gasteiger partial charge in [-0.15, -0.1) is 0 Å². The highest BCUT2D eigenvalue weighted by molar-refractivity contribution is 9.09. The molecule has 1 rings (SSSR count). The van der Waals surface area contributed by atoms with Crippen LogP contribution in [0.25, 0.3) is 0 Å². The van der Waals surface area contributed by atoms with Crippen LogP contribution in [-0.2, 0) is 0 Å². The number of alkyl halides is 1. The van der Waals surface area contributed by atoms with Gasteiger partial charge in [-0.1, -0.05) is 28.1 Å². The molecule has 88 valence electrons. The number of benzene rings is 1. The Morgan fingerprint density at radius 3 is 2.62 bits per heavy atom. The van der Waals surface area contributed by atoms with Crippen molar-refractivity contribution in [3.8, 4) is 0 Å². The molecule has 0 atom stereocenters. The van der Waals surface area contributed by atoms with Gasteiger partial charge in [0.25, 0.3) is 5.91 Å². The molecule has 2 nitrogen and oxygen atoms in total. The summed E-state index contributed by atoms with van der Waals surface area (Å²) in [6, 6.07) is 5.98. The molecule has 0 aliphatic carbocycles. The molecule has 0 aromatic heterocycles. The van der Waals surface area contributed by atoms with E-state index in [9.17, 15) is 9.18 Å². The van der Waals surface area contributed by atoms with E-state index in [4.69, 9.17) is 0 Å². The maximum absolute atomic E-state index is 13.3. The zero-order valence-electron chi connectivity index (χ0n) is 9.39. The number of carbonyl (C=O) groups is 1. The molecule has 0 bridgehead atoms. The van der Waals surface area contributed by atoms with Gasteiger partial charge in [0.15, 0.2) is 0 Å². The average Bonchev–Trinajstić information content (AvgIpc) is 2.17. The summed E-state index contributed by atoms with van der Waals surface area (Å²) in [5.41, 5.74) is -0.256. The lowest BCUT2D eigenvalue weighted by Gasteiger charge is -2.25.